The van der Waals surface area contributed by atoms with Crippen LogP contribution in [-0.2, 0) is 9.59 Å². The average Bonchev–Trinajstić information content (AvgIpc) is 2.81. The van der Waals surface area contributed by atoms with Crippen LogP contribution in [0.2, 0.25) is 0 Å². The topological polar surface area (TPSA) is 93.4 Å². The van der Waals surface area contributed by atoms with Crippen LogP contribution >= 0.6 is 0 Å². The van der Waals surface area contributed by atoms with E-state index >= 15 is 0 Å². The van der Waals surface area contributed by atoms with Crippen LogP contribution in [0, 0.1) is 0 Å². The molecule has 6 heteroatoms. The van der Waals surface area contributed by atoms with Gasteiger partial charge in [-0.15, -0.1) is 0 Å². The molecule has 0 aliphatic carbocycles. The summed E-state index contributed by atoms with van der Waals surface area (Å²) in [7, 11) is 0. The summed E-state index contributed by atoms with van der Waals surface area (Å²) in [6.07, 6.45) is 1.28. The van der Waals surface area contributed by atoms with E-state index in [0.29, 0.717) is 24.4 Å². The van der Waals surface area contributed by atoms with Crippen molar-refractivity contribution in [3.8, 4) is 5.75 Å². The minimum atomic E-state index is -0.232. The lowest BCUT2D eigenvalue weighted by molar-refractivity contribution is -0.123. The highest BCUT2D eigenvalue weighted by Crippen LogP contribution is 2.19. The predicted octanol–water partition coefficient (Wildman–Crippen LogP) is 0.0424. The van der Waals surface area contributed by atoms with Gasteiger partial charge in [-0.1, -0.05) is 12.1 Å². The summed E-state index contributed by atoms with van der Waals surface area (Å²) >= 11 is 0. The van der Waals surface area contributed by atoms with Gasteiger partial charge in [0.25, 0.3) is 5.91 Å². The van der Waals surface area contributed by atoms with Crippen molar-refractivity contribution in [3.05, 3.63) is 24.3 Å². The van der Waals surface area contributed by atoms with Crippen molar-refractivity contribution >= 4 is 17.5 Å². The van der Waals surface area contributed by atoms with Crippen LogP contribution in [0.3, 0.4) is 0 Å². The van der Waals surface area contributed by atoms with Crippen LogP contribution in [0.4, 0.5) is 5.69 Å². The summed E-state index contributed by atoms with van der Waals surface area (Å²) in [5, 5.41) is 5.49. The number of anilines is 1. The molecule has 4 N–H and O–H groups in total. The molecule has 0 aromatic heterocycles. The normalized spacial score (nSPS) is 17.9. The van der Waals surface area contributed by atoms with Crippen molar-refractivity contribution in [2.75, 3.05) is 18.9 Å². The van der Waals surface area contributed by atoms with Gasteiger partial charge in [0.05, 0.1) is 5.69 Å². The molecule has 2 rings (SSSR count). The van der Waals surface area contributed by atoms with E-state index in [1.165, 1.54) is 0 Å². The number of benzene rings is 1. The third-order valence-corrected chi connectivity index (χ3v) is 2.91. The molecule has 0 spiro atoms. The van der Waals surface area contributed by atoms with Gasteiger partial charge >= 0.3 is 0 Å². The van der Waals surface area contributed by atoms with E-state index in [9.17, 15) is 9.59 Å². The Bertz CT molecular complexity index is 476. The third kappa shape index (κ3) is 3.87. The molecule has 6 nitrogen and oxygen atoms in total. The first-order valence-electron chi connectivity index (χ1n) is 6.18. The van der Waals surface area contributed by atoms with E-state index in [-0.39, 0.29) is 24.5 Å². The highest BCUT2D eigenvalue weighted by Gasteiger charge is 2.20. The number of nitrogens with two attached hydrogens (primary N) is 1. The van der Waals surface area contributed by atoms with Crippen molar-refractivity contribution in [3.63, 3.8) is 0 Å². The molecule has 1 heterocycles. The first kappa shape index (κ1) is 13.2. The monoisotopic (exact) mass is 263 g/mol. The first-order valence-corrected chi connectivity index (χ1v) is 6.18. The zero-order chi connectivity index (χ0) is 13.7. The quantitative estimate of drug-likeness (QED) is 0.654. The average molecular weight is 263 g/mol. The lowest BCUT2D eigenvalue weighted by Gasteiger charge is -2.12. The van der Waals surface area contributed by atoms with Gasteiger partial charge in [-0.05, 0) is 18.6 Å². The number of hydrogen-bond acceptors (Lipinski definition) is 4. The fourth-order valence-electron chi connectivity index (χ4n) is 1.87. The molecule has 1 unspecified atom stereocenters. The smallest absolute Gasteiger partial charge is 0.258 e. The van der Waals surface area contributed by atoms with Crippen LogP contribution in [0.15, 0.2) is 24.3 Å². The zero-order valence-corrected chi connectivity index (χ0v) is 10.5. The Morgan fingerprint density at radius 1 is 1.47 bits per heavy atom. The summed E-state index contributed by atoms with van der Waals surface area (Å²) in [6.45, 7) is 0.340. The molecule has 1 atom stereocenters. The van der Waals surface area contributed by atoms with Crippen LogP contribution < -0.4 is 21.1 Å². The number of para-hydroxylation sites is 2. The van der Waals surface area contributed by atoms with E-state index in [1.807, 2.05) is 0 Å². The molecule has 2 amide bonds. The Morgan fingerprint density at radius 3 is 2.95 bits per heavy atom. The Balaban J connectivity index is 1.70. The van der Waals surface area contributed by atoms with Crippen molar-refractivity contribution in [2.24, 2.45) is 0 Å². The number of carbonyl (C=O) groups excluding carboxylic acids is 2. The number of hydrogen-bond donors (Lipinski definition) is 3. The van der Waals surface area contributed by atoms with E-state index in [1.54, 1.807) is 24.3 Å². The zero-order valence-electron chi connectivity index (χ0n) is 10.5. The molecule has 102 valence electrons. The SMILES string of the molecule is Nc1ccccc1OCC(=O)NCC1CCC(=O)N1. The standard InChI is InChI=1S/C13H17N3O3/c14-10-3-1-2-4-11(10)19-8-13(18)15-7-9-5-6-12(17)16-9/h1-4,9H,5-8,14H2,(H,15,18)(H,16,17). The van der Waals surface area contributed by atoms with Crippen LogP contribution in [-0.4, -0.2) is 31.0 Å². The molecule has 1 aliphatic rings. The number of ether oxygens (including phenoxy) is 1. The van der Waals surface area contributed by atoms with Crippen LogP contribution in [0.25, 0.3) is 0 Å². The van der Waals surface area contributed by atoms with E-state index in [4.69, 9.17) is 10.5 Å². The second-order valence-electron chi connectivity index (χ2n) is 4.43. The number of nitrogen functional groups attached to an aromatic ring is 1. The molecular weight excluding hydrogens is 246 g/mol. The van der Waals surface area contributed by atoms with Gasteiger partial charge in [0.15, 0.2) is 6.61 Å². The molecule has 1 aromatic carbocycles. The number of nitrogens with one attached hydrogen (secondary N) is 2. The summed E-state index contributed by atoms with van der Waals surface area (Å²) < 4.78 is 5.31. The van der Waals surface area contributed by atoms with E-state index in [0.717, 1.165) is 6.42 Å². The van der Waals surface area contributed by atoms with Gasteiger partial charge in [-0.25, -0.2) is 0 Å². The van der Waals surface area contributed by atoms with E-state index in [2.05, 4.69) is 10.6 Å². The van der Waals surface area contributed by atoms with Crippen LogP contribution in [0.1, 0.15) is 12.8 Å². The minimum absolute atomic E-state index is 0.0262. The number of rotatable bonds is 5. The maximum atomic E-state index is 11.6. The Morgan fingerprint density at radius 2 is 2.26 bits per heavy atom. The molecule has 19 heavy (non-hydrogen) atoms. The summed E-state index contributed by atoms with van der Waals surface area (Å²) in [5.74, 6) is 0.295. The van der Waals surface area contributed by atoms with E-state index < -0.39 is 0 Å². The molecule has 0 radical (unpaired) electrons. The number of carbonyl (C=O) groups is 2. The highest BCUT2D eigenvalue weighted by atomic mass is 16.5. The molecule has 1 aromatic rings. The van der Waals surface area contributed by atoms with Gasteiger partial charge in [0.1, 0.15) is 5.75 Å². The minimum Gasteiger partial charge on any atom is -0.482 e. The highest BCUT2D eigenvalue weighted by molar-refractivity contribution is 5.79. The third-order valence-electron chi connectivity index (χ3n) is 2.91. The second kappa shape index (κ2) is 6.08. The van der Waals surface area contributed by atoms with Crippen molar-refractivity contribution in [2.45, 2.75) is 18.9 Å². The molecule has 1 fully saturated rings. The maximum absolute atomic E-state index is 11.6. The molecule has 1 saturated heterocycles. The largest absolute Gasteiger partial charge is 0.482 e. The van der Waals surface area contributed by atoms with Crippen molar-refractivity contribution in [1.82, 2.24) is 10.6 Å². The summed E-state index contributed by atoms with van der Waals surface area (Å²) in [5.41, 5.74) is 6.19. The predicted molar refractivity (Wildman–Crippen MR) is 70.5 cm³/mol. The summed E-state index contributed by atoms with van der Waals surface area (Å²) in [6, 6.07) is 7.03. The maximum Gasteiger partial charge on any atom is 0.258 e. The van der Waals surface area contributed by atoms with Crippen molar-refractivity contribution in [1.29, 1.82) is 0 Å². The lowest BCUT2D eigenvalue weighted by Crippen LogP contribution is -2.40. The molecule has 1 aliphatic heterocycles. The molecule has 0 saturated carbocycles. The lowest BCUT2D eigenvalue weighted by atomic mass is 10.2. The van der Waals surface area contributed by atoms with Gasteiger partial charge in [-0.2, -0.15) is 0 Å². The summed E-state index contributed by atoms with van der Waals surface area (Å²) in [4.78, 5) is 22.6. The first-order chi connectivity index (χ1) is 9.15. The fourth-order valence-corrected chi connectivity index (χ4v) is 1.87. The molecule has 0 bridgehead atoms. The Labute approximate surface area is 111 Å². The van der Waals surface area contributed by atoms with Crippen LogP contribution in [0.5, 0.6) is 5.75 Å². The van der Waals surface area contributed by atoms with Gasteiger partial charge in [0.2, 0.25) is 5.91 Å². The fraction of sp³-hybridized carbons (Fsp3) is 0.385. The van der Waals surface area contributed by atoms with Gasteiger partial charge < -0.3 is 21.1 Å². The number of amides is 2. The van der Waals surface area contributed by atoms with Gasteiger partial charge in [-0.3, -0.25) is 9.59 Å². The second-order valence-corrected chi connectivity index (χ2v) is 4.43. The van der Waals surface area contributed by atoms with Gasteiger partial charge in [0, 0.05) is 19.0 Å². The Kier molecular flexibility index (Phi) is 4.22. The molecular formula is C13H17N3O3. The Hall–Kier alpha value is -2.24. The van der Waals surface area contributed by atoms with Crippen molar-refractivity contribution < 1.29 is 14.3 Å².